The maximum atomic E-state index is 11.4. The van der Waals surface area contributed by atoms with Crippen molar-refractivity contribution in [3.05, 3.63) is 10.6 Å². The van der Waals surface area contributed by atoms with Crippen molar-refractivity contribution in [1.82, 2.24) is 5.32 Å². The van der Waals surface area contributed by atoms with Gasteiger partial charge in [-0.3, -0.25) is 4.79 Å². The molecule has 1 unspecified atom stereocenters. The third kappa shape index (κ3) is 2.89. The third-order valence-corrected chi connectivity index (χ3v) is 3.57. The number of hydrogen-bond acceptors (Lipinski definition) is 4. The molecule has 0 spiro atoms. The SMILES string of the molecule is COC(=O)C1=C(NC(=O)CCl)C(C)CS1. The molecule has 0 aromatic carbocycles. The average molecular weight is 250 g/mol. The van der Waals surface area contributed by atoms with Crippen LogP contribution >= 0.6 is 23.4 Å². The van der Waals surface area contributed by atoms with Gasteiger partial charge in [-0.1, -0.05) is 6.92 Å². The molecule has 0 fully saturated rings. The van der Waals surface area contributed by atoms with Gasteiger partial charge in [0.25, 0.3) is 0 Å². The van der Waals surface area contributed by atoms with Crippen molar-refractivity contribution in [2.75, 3.05) is 18.7 Å². The van der Waals surface area contributed by atoms with E-state index in [0.29, 0.717) is 10.6 Å². The molecule has 1 amide bonds. The second-order valence-electron chi connectivity index (χ2n) is 3.13. The van der Waals surface area contributed by atoms with Gasteiger partial charge in [0.15, 0.2) is 0 Å². The molecular formula is C9H12ClNO3S. The monoisotopic (exact) mass is 249 g/mol. The van der Waals surface area contributed by atoms with Gasteiger partial charge >= 0.3 is 5.97 Å². The molecule has 0 aromatic rings. The first kappa shape index (κ1) is 12.4. The summed E-state index contributed by atoms with van der Waals surface area (Å²) in [6.45, 7) is 1.94. The standard InChI is InChI=1S/C9H12ClNO3S/c1-5-4-15-8(9(13)14-2)7(5)11-6(12)3-10/h5H,3-4H2,1-2H3,(H,11,12). The number of amides is 1. The molecule has 6 heteroatoms. The summed E-state index contributed by atoms with van der Waals surface area (Å²) in [5.41, 5.74) is 0.623. The van der Waals surface area contributed by atoms with E-state index in [9.17, 15) is 9.59 Å². The molecule has 0 aromatic heterocycles. The molecule has 0 bridgehead atoms. The number of thioether (sulfide) groups is 1. The summed E-state index contributed by atoms with van der Waals surface area (Å²) in [6, 6.07) is 0. The molecule has 0 radical (unpaired) electrons. The Morgan fingerprint density at radius 2 is 2.33 bits per heavy atom. The van der Waals surface area contributed by atoms with Gasteiger partial charge in [-0.15, -0.1) is 23.4 Å². The molecule has 1 aliphatic rings. The summed E-state index contributed by atoms with van der Waals surface area (Å²) in [4.78, 5) is 23.0. The Balaban J connectivity index is 2.86. The van der Waals surface area contributed by atoms with Crippen molar-refractivity contribution < 1.29 is 14.3 Å². The van der Waals surface area contributed by atoms with E-state index < -0.39 is 5.97 Å². The Morgan fingerprint density at radius 3 is 2.87 bits per heavy atom. The van der Waals surface area contributed by atoms with E-state index in [2.05, 4.69) is 10.1 Å². The molecule has 0 saturated heterocycles. The van der Waals surface area contributed by atoms with Crippen molar-refractivity contribution in [3.8, 4) is 0 Å². The summed E-state index contributed by atoms with van der Waals surface area (Å²) in [7, 11) is 1.32. The Labute approximate surface area is 97.4 Å². The minimum absolute atomic E-state index is 0.116. The number of carbonyl (C=O) groups excluding carboxylic acids is 2. The van der Waals surface area contributed by atoms with E-state index in [1.165, 1.54) is 18.9 Å². The van der Waals surface area contributed by atoms with Crippen LogP contribution in [0.4, 0.5) is 0 Å². The fourth-order valence-corrected chi connectivity index (χ4v) is 2.48. The average Bonchev–Trinajstić information content (AvgIpc) is 2.59. The summed E-state index contributed by atoms with van der Waals surface area (Å²) in [5.74, 6) is 0.0745. The van der Waals surface area contributed by atoms with Crippen LogP contribution < -0.4 is 5.32 Å². The van der Waals surface area contributed by atoms with Crippen LogP contribution in [0.15, 0.2) is 10.6 Å². The zero-order chi connectivity index (χ0) is 11.4. The predicted octanol–water partition coefficient (Wildman–Crippen LogP) is 1.11. The molecule has 0 aliphatic carbocycles. The van der Waals surface area contributed by atoms with E-state index in [4.69, 9.17) is 11.6 Å². The number of rotatable bonds is 3. The minimum Gasteiger partial charge on any atom is -0.465 e. The second kappa shape index (κ2) is 5.42. The lowest BCUT2D eigenvalue weighted by Gasteiger charge is -2.10. The number of ether oxygens (including phenoxy) is 1. The normalized spacial score (nSPS) is 20.3. The van der Waals surface area contributed by atoms with E-state index in [1.54, 1.807) is 0 Å². The Bertz CT molecular complexity index is 316. The van der Waals surface area contributed by atoms with Crippen molar-refractivity contribution in [3.63, 3.8) is 0 Å². The summed E-state index contributed by atoms with van der Waals surface area (Å²) >= 11 is 6.77. The lowest BCUT2D eigenvalue weighted by atomic mass is 10.1. The number of hydrogen-bond donors (Lipinski definition) is 1. The first-order valence-electron chi connectivity index (χ1n) is 4.41. The number of esters is 1. The fraction of sp³-hybridized carbons (Fsp3) is 0.556. The van der Waals surface area contributed by atoms with E-state index >= 15 is 0 Å². The van der Waals surface area contributed by atoms with E-state index in [1.807, 2.05) is 6.92 Å². The Morgan fingerprint density at radius 1 is 1.67 bits per heavy atom. The zero-order valence-corrected chi connectivity index (χ0v) is 10.1. The number of carbonyl (C=O) groups is 2. The van der Waals surface area contributed by atoms with Crippen LogP contribution in [-0.2, 0) is 14.3 Å². The smallest absolute Gasteiger partial charge is 0.346 e. The van der Waals surface area contributed by atoms with Gasteiger partial charge in [-0.05, 0) is 0 Å². The van der Waals surface area contributed by atoms with Gasteiger partial charge in [-0.2, -0.15) is 0 Å². The molecule has 15 heavy (non-hydrogen) atoms. The van der Waals surface area contributed by atoms with E-state index in [0.717, 1.165) is 5.75 Å². The largest absolute Gasteiger partial charge is 0.465 e. The molecule has 1 heterocycles. The van der Waals surface area contributed by atoms with Gasteiger partial charge in [0.05, 0.1) is 7.11 Å². The van der Waals surface area contributed by atoms with Crippen LogP contribution in [-0.4, -0.2) is 30.6 Å². The highest BCUT2D eigenvalue weighted by molar-refractivity contribution is 8.04. The lowest BCUT2D eigenvalue weighted by molar-refractivity contribution is -0.135. The van der Waals surface area contributed by atoms with Gasteiger partial charge < -0.3 is 10.1 Å². The minimum atomic E-state index is -0.408. The fourth-order valence-electron chi connectivity index (χ4n) is 1.22. The molecular weight excluding hydrogens is 238 g/mol. The van der Waals surface area contributed by atoms with Crippen LogP contribution in [0.3, 0.4) is 0 Å². The van der Waals surface area contributed by atoms with Crippen LogP contribution in [0.1, 0.15) is 6.92 Å². The topological polar surface area (TPSA) is 55.4 Å². The van der Waals surface area contributed by atoms with Crippen LogP contribution in [0, 0.1) is 5.92 Å². The summed E-state index contributed by atoms with van der Waals surface area (Å²) < 4.78 is 4.63. The lowest BCUT2D eigenvalue weighted by Crippen LogP contribution is -2.27. The van der Waals surface area contributed by atoms with E-state index in [-0.39, 0.29) is 17.7 Å². The molecule has 1 rings (SSSR count). The van der Waals surface area contributed by atoms with Crippen molar-refractivity contribution in [2.24, 2.45) is 5.92 Å². The Hall–Kier alpha value is -0.680. The number of nitrogens with one attached hydrogen (secondary N) is 1. The predicted molar refractivity (Wildman–Crippen MR) is 59.5 cm³/mol. The first-order valence-corrected chi connectivity index (χ1v) is 5.93. The first-order chi connectivity index (χ1) is 7.10. The highest BCUT2D eigenvalue weighted by atomic mass is 35.5. The van der Waals surface area contributed by atoms with Crippen molar-refractivity contribution in [2.45, 2.75) is 6.92 Å². The Kier molecular flexibility index (Phi) is 4.47. The van der Waals surface area contributed by atoms with Gasteiger partial charge in [0, 0.05) is 17.4 Å². The van der Waals surface area contributed by atoms with Crippen LogP contribution in [0.25, 0.3) is 0 Å². The molecule has 1 aliphatic heterocycles. The van der Waals surface area contributed by atoms with Gasteiger partial charge in [-0.25, -0.2) is 4.79 Å². The van der Waals surface area contributed by atoms with Gasteiger partial charge in [0.2, 0.25) is 5.91 Å². The number of alkyl halides is 1. The number of methoxy groups -OCH3 is 1. The van der Waals surface area contributed by atoms with Crippen molar-refractivity contribution in [1.29, 1.82) is 0 Å². The third-order valence-electron chi connectivity index (χ3n) is 1.98. The highest BCUT2D eigenvalue weighted by Crippen LogP contribution is 2.34. The number of halogens is 1. The molecule has 1 atom stereocenters. The molecule has 0 saturated carbocycles. The second-order valence-corrected chi connectivity index (χ2v) is 4.43. The van der Waals surface area contributed by atoms with Crippen LogP contribution in [0.2, 0.25) is 0 Å². The molecule has 4 nitrogen and oxygen atoms in total. The maximum absolute atomic E-state index is 11.4. The van der Waals surface area contributed by atoms with Crippen LogP contribution in [0.5, 0.6) is 0 Å². The molecule has 84 valence electrons. The maximum Gasteiger partial charge on any atom is 0.346 e. The molecule has 1 N–H and O–H groups in total. The van der Waals surface area contributed by atoms with Crippen molar-refractivity contribution >= 4 is 35.2 Å². The number of allylic oxidation sites excluding steroid dienone is 1. The quantitative estimate of drug-likeness (QED) is 0.601. The van der Waals surface area contributed by atoms with Gasteiger partial charge in [0.1, 0.15) is 10.8 Å². The summed E-state index contributed by atoms with van der Waals surface area (Å²) in [5, 5.41) is 2.63. The summed E-state index contributed by atoms with van der Waals surface area (Å²) in [6.07, 6.45) is 0. The highest BCUT2D eigenvalue weighted by Gasteiger charge is 2.29. The zero-order valence-electron chi connectivity index (χ0n) is 8.50.